The van der Waals surface area contributed by atoms with E-state index in [0.717, 1.165) is 32.5 Å². The zero-order valence-corrected chi connectivity index (χ0v) is 16.5. The van der Waals surface area contributed by atoms with E-state index in [-0.39, 0.29) is 17.9 Å². The molecule has 3 rings (SSSR count). The highest BCUT2D eigenvalue weighted by molar-refractivity contribution is 5.78. The van der Waals surface area contributed by atoms with Crippen molar-refractivity contribution in [2.75, 3.05) is 26.2 Å². The Bertz CT molecular complexity index is 613. The highest BCUT2D eigenvalue weighted by atomic mass is 16.2. The van der Waals surface area contributed by atoms with Crippen LogP contribution in [0.2, 0.25) is 0 Å². The lowest BCUT2D eigenvalue weighted by Crippen LogP contribution is -2.40. The molecule has 2 amide bonds. The Morgan fingerprint density at radius 2 is 2.07 bits per heavy atom. The van der Waals surface area contributed by atoms with Gasteiger partial charge in [0.2, 0.25) is 11.8 Å². The van der Waals surface area contributed by atoms with Crippen molar-refractivity contribution in [1.82, 2.24) is 15.5 Å². The Balaban J connectivity index is 1.37. The molecule has 0 aliphatic carbocycles. The molecule has 1 aromatic rings. The molecule has 2 N–H and O–H groups in total. The zero-order chi connectivity index (χ0) is 19.1. The number of aryl methyl sites for hydroxylation is 1. The van der Waals surface area contributed by atoms with Crippen LogP contribution in [0.15, 0.2) is 30.3 Å². The van der Waals surface area contributed by atoms with Gasteiger partial charge in [-0.15, -0.1) is 0 Å². The predicted octanol–water partition coefficient (Wildman–Crippen LogP) is 2.36. The standard InChI is InChI=1S/C22H33N3O2/c1-17(19-8-5-12-23-15-19)14-21(26)24-20-11-13-25(16-20)22(27)10-9-18-6-3-2-4-7-18/h2-4,6-7,17,19-20,23H,5,8-16H2,1H3,(H,24,26). The SMILES string of the molecule is CC(CC(=O)NC1CCN(C(=O)CCc2ccccc2)C1)C1CCCNC1. The van der Waals surface area contributed by atoms with Crippen molar-refractivity contribution in [3.8, 4) is 0 Å². The first-order chi connectivity index (χ1) is 13.1. The summed E-state index contributed by atoms with van der Waals surface area (Å²) in [6, 6.07) is 10.2. The summed E-state index contributed by atoms with van der Waals surface area (Å²) < 4.78 is 0. The van der Waals surface area contributed by atoms with E-state index in [9.17, 15) is 9.59 Å². The fourth-order valence-electron chi connectivity index (χ4n) is 4.27. The lowest BCUT2D eigenvalue weighted by Gasteiger charge is -2.28. The van der Waals surface area contributed by atoms with Gasteiger partial charge in [-0.25, -0.2) is 0 Å². The minimum atomic E-state index is 0.106. The zero-order valence-electron chi connectivity index (χ0n) is 16.5. The molecule has 2 aliphatic rings. The van der Waals surface area contributed by atoms with Gasteiger partial charge in [0, 0.05) is 32.0 Å². The topological polar surface area (TPSA) is 61.4 Å². The van der Waals surface area contributed by atoms with E-state index in [2.05, 4.69) is 29.7 Å². The van der Waals surface area contributed by atoms with E-state index < -0.39 is 0 Å². The molecule has 0 radical (unpaired) electrons. The average molecular weight is 372 g/mol. The Kier molecular flexibility index (Phi) is 7.27. The van der Waals surface area contributed by atoms with E-state index in [0.29, 0.717) is 31.2 Å². The van der Waals surface area contributed by atoms with Crippen molar-refractivity contribution in [3.63, 3.8) is 0 Å². The van der Waals surface area contributed by atoms with E-state index in [1.54, 1.807) is 0 Å². The molecule has 0 saturated carbocycles. The van der Waals surface area contributed by atoms with E-state index in [1.807, 2.05) is 23.1 Å². The Morgan fingerprint density at radius 3 is 2.81 bits per heavy atom. The number of amides is 2. The van der Waals surface area contributed by atoms with Crippen LogP contribution in [0.25, 0.3) is 0 Å². The van der Waals surface area contributed by atoms with Gasteiger partial charge in [0.25, 0.3) is 0 Å². The molecular weight excluding hydrogens is 338 g/mol. The molecule has 0 bridgehead atoms. The van der Waals surface area contributed by atoms with Crippen molar-refractivity contribution < 1.29 is 9.59 Å². The minimum absolute atomic E-state index is 0.106. The van der Waals surface area contributed by atoms with Gasteiger partial charge in [0.15, 0.2) is 0 Å². The molecule has 3 unspecified atom stereocenters. The number of nitrogens with zero attached hydrogens (tertiary/aromatic N) is 1. The third kappa shape index (κ3) is 6.06. The van der Waals surface area contributed by atoms with E-state index in [4.69, 9.17) is 0 Å². The van der Waals surface area contributed by atoms with Gasteiger partial charge in [-0.2, -0.15) is 0 Å². The van der Waals surface area contributed by atoms with Crippen LogP contribution >= 0.6 is 0 Å². The lowest BCUT2D eigenvalue weighted by atomic mass is 9.85. The molecule has 0 aromatic heterocycles. The number of carbonyl (C=O) groups is 2. The van der Waals surface area contributed by atoms with Crippen LogP contribution in [-0.2, 0) is 16.0 Å². The van der Waals surface area contributed by atoms with Gasteiger partial charge in [-0.05, 0) is 56.2 Å². The van der Waals surface area contributed by atoms with Crippen molar-refractivity contribution in [1.29, 1.82) is 0 Å². The predicted molar refractivity (Wildman–Crippen MR) is 107 cm³/mol. The lowest BCUT2D eigenvalue weighted by molar-refractivity contribution is -0.130. The largest absolute Gasteiger partial charge is 0.352 e. The molecule has 2 fully saturated rings. The number of hydrogen-bond donors (Lipinski definition) is 2. The van der Waals surface area contributed by atoms with Gasteiger partial charge in [0.1, 0.15) is 0 Å². The highest BCUT2D eigenvalue weighted by Crippen LogP contribution is 2.22. The molecule has 2 heterocycles. The molecule has 5 heteroatoms. The first kappa shape index (κ1) is 19.9. The smallest absolute Gasteiger partial charge is 0.222 e. The number of nitrogens with one attached hydrogen (secondary N) is 2. The second kappa shape index (κ2) is 9.88. The van der Waals surface area contributed by atoms with Crippen LogP contribution < -0.4 is 10.6 Å². The Hall–Kier alpha value is -1.88. The van der Waals surface area contributed by atoms with Gasteiger partial charge in [-0.1, -0.05) is 37.3 Å². The Labute approximate surface area is 162 Å². The first-order valence-corrected chi connectivity index (χ1v) is 10.4. The first-order valence-electron chi connectivity index (χ1n) is 10.4. The molecular formula is C22H33N3O2. The average Bonchev–Trinajstić information content (AvgIpc) is 3.16. The van der Waals surface area contributed by atoms with Crippen LogP contribution in [0.3, 0.4) is 0 Å². The maximum Gasteiger partial charge on any atom is 0.222 e. The van der Waals surface area contributed by atoms with Crippen molar-refractivity contribution in [2.45, 2.75) is 51.5 Å². The molecule has 148 valence electrons. The number of hydrogen-bond acceptors (Lipinski definition) is 3. The van der Waals surface area contributed by atoms with E-state index in [1.165, 1.54) is 18.4 Å². The third-order valence-electron chi connectivity index (χ3n) is 6.02. The van der Waals surface area contributed by atoms with Crippen LogP contribution in [0.4, 0.5) is 0 Å². The van der Waals surface area contributed by atoms with Crippen molar-refractivity contribution in [3.05, 3.63) is 35.9 Å². The van der Waals surface area contributed by atoms with Gasteiger partial charge in [-0.3, -0.25) is 9.59 Å². The number of likely N-dealkylation sites (tertiary alicyclic amines) is 1. The summed E-state index contributed by atoms with van der Waals surface area (Å²) in [7, 11) is 0. The molecule has 1 aromatic carbocycles. The fraction of sp³-hybridized carbons (Fsp3) is 0.636. The summed E-state index contributed by atoms with van der Waals surface area (Å²) in [6.07, 6.45) is 5.19. The summed E-state index contributed by atoms with van der Waals surface area (Å²) in [6.45, 7) is 5.72. The Morgan fingerprint density at radius 1 is 1.26 bits per heavy atom. The quantitative estimate of drug-likeness (QED) is 0.773. The normalized spacial score (nSPS) is 23.8. The van der Waals surface area contributed by atoms with Crippen molar-refractivity contribution in [2.24, 2.45) is 11.8 Å². The minimum Gasteiger partial charge on any atom is -0.352 e. The highest BCUT2D eigenvalue weighted by Gasteiger charge is 2.28. The van der Waals surface area contributed by atoms with Crippen molar-refractivity contribution >= 4 is 11.8 Å². The molecule has 2 saturated heterocycles. The van der Waals surface area contributed by atoms with Crippen LogP contribution in [0.1, 0.15) is 44.6 Å². The van der Waals surface area contributed by atoms with E-state index >= 15 is 0 Å². The van der Waals surface area contributed by atoms with Gasteiger partial charge >= 0.3 is 0 Å². The summed E-state index contributed by atoms with van der Waals surface area (Å²) >= 11 is 0. The summed E-state index contributed by atoms with van der Waals surface area (Å²) in [5, 5.41) is 6.58. The molecule has 0 spiro atoms. The van der Waals surface area contributed by atoms with Crippen LogP contribution in [0, 0.1) is 11.8 Å². The van der Waals surface area contributed by atoms with Gasteiger partial charge < -0.3 is 15.5 Å². The van der Waals surface area contributed by atoms with Crippen LogP contribution in [0.5, 0.6) is 0 Å². The maximum absolute atomic E-state index is 12.4. The number of rotatable bonds is 7. The number of carbonyl (C=O) groups excluding carboxylic acids is 2. The second-order valence-electron chi connectivity index (χ2n) is 8.17. The third-order valence-corrected chi connectivity index (χ3v) is 6.02. The van der Waals surface area contributed by atoms with Gasteiger partial charge in [0.05, 0.1) is 0 Å². The molecule has 2 aliphatic heterocycles. The number of benzene rings is 1. The monoisotopic (exact) mass is 371 g/mol. The summed E-state index contributed by atoms with van der Waals surface area (Å²) in [5.41, 5.74) is 1.20. The summed E-state index contributed by atoms with van der Waals surface area (Å²) in [4.78, 5) is 26.8. The van der Waals surface area contributed by atoms with Crippen LogP contribution in [-0.4, -0.2) is 48.9 Å². The fourth-order valence-corrected chi connectivity index (χ4v) is 4.27. The second-order valence-corrected chi connectivity index (χ2v) is 8.17. The summed E-state index contributed by atoms with van der Waals surface area (Å²) in [5.74, 6) is 1.33. The number of piperidine rings is 1. The molecule has 27 heavy (non-hydrogen) atoms. The maximum atomic E-state index is 12.4. The molecule has 5 nitrogen and oxygen atoms in total. The molecule has 3 atom stereocenters.